The van der Waals surface area contributed by atoms with E-state index in [1.165, 1.54) is 18.2 Å². The molecule has 2 rings (SSSR count). The molecule has 0 heterocycles. The van der Waals surface area contributed by atoms with Crippen molar-refractivity contribution in [2.24, 2.45) is 0 Å². The molecule has 0 saturated carbocycles. The zero-order valence-corrected chi connectivity index (χ0v) is 10.6. The van der Waals surface area contributed by atoms with Crippen LogP contribution >= 0.6 is 0 Å². The van der Waals surface area contributed by atoms with Crippen LogP contribution in [0.25, 0.3) is 0 Å². The molecule has 20 heavy (non-hydrogen) atoms. The Morgan fingerprint density at radius 1 is 0.900 bits per heavy atom. The number of nitrogens with one attached hydrogen (secondary N) is 2. The fourth-order valence-electron chi connectivity index (χ4n) is 1.66. The Labute approximate surface area is 115 Å². The number of amides is 2. The van der Waals surface area contributed by atoms with Crippen molar-refractivity contribution in [1.82, 2.24) is 10.9 Å². The van der Waals surface area contributed by atoms with Gasteiger partial charge in [0.05, 0.1) is 12.0 Å². The third kappa shape index (κ3) is 3.65. The lowest BCUT2D eigenvalue weighted by atomic mass is 10.1. The molecular formula is C15H13FN2O2. The summed E-state index contributed by atoms with van der Waals surface area (Å²) < 4.78 is 13.3. The van der Waals surface area contributed by atoms with Crippen LogP contribution in [0.4, 0.5) is 4.39 Å². The second-order valence-corrected chi connectivity index (χ2v) is 4.14. The van der Waals surface area contributed by atoms with Gasteiger partial charge in [-0.2, -0.15) is 0 Å². The second-order valence-electron chi connectivity index (χ2n) is 4.14. The van der Waals surface area contributed by atoms with Gasteiger partial charge in [-0.05, 0) is 17.7 Å². The monoisotopic (exact) mass is 272 g/mol. The van der Waals surface area contributed by atoms with Crippen LogP contribution < -0.4 is 10.9 Å². The summed E-state index contributed by atoms with van der Waals surface area (Å²) in [4.78, 5) is 23.3. The van der Waals surface area contributed by atoms with Gasteiger partial charge in [0.15, 0.2) is 0 Å². The number of carbonyl (C=O) groups excluding carboxylic acids is 2. The Kier molecular flexibility index (Phi) is 4.44. The molecule has 2 aromatic rings. The van der Waals surface area contributed by atoms with Gasteiger partial charge in [0, 0.05) is 0 Å². The lowest BCUT2D eigenvalue weighted by Gasteiger charge is -2.08. The first-order valence-electron chi connectivity index (χ1n) is 6.04. The SMILES string of the molecule is O=C(Cc1ccccc1)NNC(=O)c1ccccc1F. The highest BCUT2D eigenvalue weighted by Crippen LogP contribution is 2.05. The maximum Gasteiger partial charge on any atom is 0.272 e. The minimum Gasteiger partial charge on any atom is -0.273 e. The molecule has 2 amide bonds. The summed E-state index contributed by atoms with van der Waals surface area (Å²) in [6.07, 6.45) is 0.137. The number of benzene rings is 2. The van der Waals surface area contributed by atoms with Crippen molar-refractivity contribution >= 4 is 11.8 Å². The minimum absolute atomic E-state index is 0.118. The zero-order valence-electron chi connectivity index (χ0n) is 10.6. The molecule has 2 aromatic carbocycles. The Morgan fingerprint density at radius 2 is 1.55 bits per heavy atom. The maximum absolute atomic E-state index is 13.3. The van der Waals surface area contributed by atoms with Crippen LogP contribution in [0, 0.1) is 5.82 Å². The average Bonchev–Trinajstić information content (AvgIpc) is 2.46. The van der Waals surface area contributed by atoms with Crippen LogP contribution in [-0.4, -0.2) is 11.8 Å². The summed E-state index contributed by atoms with van der Waals surface area (Å²) in [5.74, 6) is -1.70. The van der Waals surface area contributed by atoms with Gasteiger partial charge in [-0.3, -0.25) is 20.4 Å². The fourth-order valence-corrected chi connectivity index (χ4v) is 1.66. The van der Waals surface area contributed by atoms with E-state index in [1.807, 2.05) is 18.2 Å². The first-order valence-corrected chi connectivity index (χ1v) is 6.04. The van der Waals surface area contributed by atoms with Crippen molar-refractivity contribution < 1.29 is 14.0 Å². The van der Waals surface area contributed by atoms with Gasteiger partial charge in [-0.1, -0.05) is 42.5 Å². The van der Waals surface area contributed by atoms with Crippen molar-refractivity contribution in [3.63, 3.8) is 0 Å². The van der Waals surface area contributed by atoms with Gasteiger partial charge in [0.2, 0.25) is 5.91 Å². The second kappa shape index (κ2) is 6.47. The molecule has 4 nitrogen and oxygen atoms in total. The number of hydrogen-bond donors (Lipinski definition) is 2. The van der Waals surface area contributed by atoms with Crippen LogP contribution in [0.1, 0.15) is 15.9 Å². The molecule has 0 bridgehead atoms. The highest BCUT2D eigenvalue weighted by molar-refractivity contribution is 5.95. The van der Waals surface area contributed by atoms with Gasteiger partial charge >= 0.3 is 0 Å². The number of halogens is 1. The van der Waals surface area contributed by atoms with E-state index in [0.717, 1.165) is 5.56 Å². The van der Waals surface area contributed by atoms with Crippen LogP contribution in [0.5, 0.6) is 0 Å². The summed E-state index contributed by atoms with van der Waals surface area (Å²) in [6.45, 7) is 0. The molecule has 0 aliphatic carbocycles. The molecule has 0 spiro atoms. The van der Waals surface area contributed by atoms with E-state index in [-0.39, 0.29) is 17.9 Å². The van der Waals surface area contributed by atoms with E-state index in [2.05, 4.69) is 10.9 Å². The van der Waals surface area contributed by atoms with Crippen LogP contribution in [0.2, 0.25) is 0 Å². The van der Waals surface area contributed by atoms with Gasteiger partial charge in [-0.15, -0.1) is 0 Å². The smallest absolute Gasteiger partial charge is 0.272 e. The molecule has 0 saturated heterocycles. The molecule has 0 unspecified atom stereocenters. The minimum atomic E-state index is -0.690. The maximum atomic E-state index is 13.3. The summed E-state index contributed by atoms with van der Waals surface area (Å²) in [5.41, 5.74) is 5.14. The highest BCUT2D eigenvalue weighted by atomic mass is 19.1. The first-order chi connectivity index (χ1) is 9.66. The van der Waals surface area contributed by atoms with E-state index in [4.69, 9.17) is 0 Å². The molecule has 0 atom stereocenters. The van der Waals surface area contributed by atoms with E-state index < -0.39 is 11.7 Å². The number of carbonyl (C=O) groups is 2. The molecule has 0 aliphatic heterocycles. The quantitative estimate of drug-likeness (QED) is 0.837. The largest absolute Gasteiger partial charge is 0.273 e. The Morgan fingerprint density at radius 3 is 2.25 bits per heavy atom. The topological polar surface area (TPSA) is 58.2 Å². The van der Waals surface area contributed by atoms with E-state index in [0.29, 0.717) is 0 Å². The van der Waals surface area contributed by atoms with Crippen LogP contribution in [0.3, 0.4) is 0 Å². The molecule has 102 valence electrons. The normalized spacial score (nSPS) is 9.85. The van der Waals surface area contributed by atoms with Crippen molar-refractivity contribution in [2.45, 2.75) is 6.42 Å². The Balaban J connectivity index is 1.88. The lowest BCUT2D eigenvalue weighted by molar-refractivity contribution is -0.121. The summed E-state index contributed by atoms with van der Waals surface area (Å²) in [6, 6.07) is 14.7. The molecule has 2 N–H and O–H groups in total. The van der Waals surface area contributed by atoms with Gasteiger partial charge in [0.1, 0.15) is 5.82 Å². The standard InChI is InChI=1S/C15H13FN2O2/c16-13-9-5-4-8-12(13)15(20)18-17-14(19)10-11-6-2-1-3-7-11/h1-9H,10H2,(H,17,19)(H,18,20). The van der Waals surface area contributed by atoms with Crippen molar-refractivity contribution in [2.75, 3.05) is 0 Å². The zero-order chi connectivity index (χ0) is 14.4. The summed E-state index contributed by atoms with van der Waals surface area (Å²) in [7, 11) is 0. The van der Waals surface area contributed by atoms with E-state index >= 15 is 0 Å². The Bertz CT molecular complexity index is 614. The van der Waals surface area contributed by atoms with Crippen molar-refractivity contribution in [3.05, 3.63) is 71.5 Å². The van der Waals surface area contributed by atoms with Gasteiger partial charge in [0.25, 0.3) is 5.91 Å². The molecule has 0 radical (unpaired) electrons. The third-order valence-corrected chi connectivity index (χ3v) is 2.64. The number of rotatable bonds is 3. The van der Waals surface area contributed by atoms with Crippen molar-refractivity contribution in [3.8, 4) is 0 Å². The van der Waals surface area contributed by atoms with E-state index in [1.54, 1.807) is 18.2 Å². The number of hydrogen-bond acceptors (Lipinski definition) is 2. The van der Waals surface area contributed by atoms with Crippen molar-refractivity contribution in [1.29, 1.82) is 0 Å². The fraction of sp³-hybridized carbons (Fsp3) is 0.0667. The Hall–Kier alpha value is -2.69. The van der Waals surface area contributed by atoms with E-state index in [9.17, 15) is 14.0 Å². The molecule has 0 fully saturated rings. The molecular weight excluding hydrogens is 259 g/mol. The average molecular weight is 272 g/mol. The first kappa shape index (κ1) is 13.7. The lowest BCUT2D eigenvalue weighted by Crippen LogP contribution is -2.42. The molecule has 5 heteroatoms. The van der Waals surface area contributed by atoms with Gasteiger partial charge in [-0.25, -0.2) is 4.39 Å². The predicted octanol–water partition coefficient (Wildman–Crippen LogP) is 1.83. The van der Waals surface area contributed by atoms with Gasteiger partial charge < -0.3 is 0 Å². The molecule has 0 aliphatic rings. The summed E-state index contributed by atoms with van der Waals surface area (Å²) in [5, 5.41) is 0. The summed E-state index contributed by atoms with van der Waals surface area (Å²) >= 11 is 0. The third-order valence-electron chi connectivity index (χ3n) is 2.64. The van der Waals surface area contributed by atoms with Crippen LogP contribution in [-0.2, 0) is 11.2 Å². The molecule has 0 aromatic heterocycles. The number of hydrazine groups is 1. The van der Waals surface area contributed by atoms with Crippen LogP contribution in [0.15, 0.2) is 54.6 Å². The predicted molar refractivity (Wildman–Crippen MR) is 72.2 cm³/mol. The highest BCUT2D eigenvalue weighted by Gasteiger charge is 2.11.